The van der Waals surface area contributed by atoms with Gasteiger partial charge in [0.25, 0.3) is 0 Å². The largest absolute Gasteiger partial charge is 0.374 e. The highest BCUT2D eigenvalue weighted by molar-refractivity contribution is 7.71. The maximum absolute atomic E-state index is 13.7. The van der Waals surface area contributed by atoms with Gasteiger partial charge in [-0.25, -0.2) is 18.2 Å². The molecule has 1 heterocycles. The first-order valence-electron chi connectivity index (χ1n) is 5.84. The summed E-state index contributed by atoms with van der Waals surface area (Å²) >= 11 is 4.96. The second-order valence-electron chi connectivity index (χ2n) is 3.96. The molecule has 0 bridgehead atoms. The summed E-state index contributed by atoms with van der Waals surface area (Å²) in [6.07, 6.45) is 0. The van der Waals surface area contributed by atoms with E-state index in [1.54, 1.807) is 0 Å². The minimum absolute atomic E-state index is 0.116. The second-order valence-corrected chi connectivity index (χ2v) is 4.38. The zero-order valence-electron chi connectivity index (χ0n) is 10.5. The molecule has 0 aliphatic heterocycles. The van der Waals surface area contributed by atoms with Crippen LogP contribution in [0, 0.1) is 22.1 Å². The molecule has 0 aliphatic rings. The lowest BCUT2D eigenvalue weighted by Crippen LogP contribution is -2.02. The van der Waals surface area contributed by atoms with Gasteiger partial charge in [-0.1, -0.05) is 12.2 Å². The van der Waals surface area contributed by atoms with Crippen molar-refractivity contribution < 1.29 is 17.9 Å². The van der Waals surface area contributed by atoms with E-state index in [1.807, 2.05) is 6.92 Å². The van der Waals surface area contributed by atoms with Gasteiger partial charge in [0.2, 0.25) is 0 Å². The number of aromatic nitrogens is 2. The summed E-state index contributed by atoms with van der Waals surface area (Å²) in [4.78, 5) is 6.80. The smallest absolute Gasteiger partial charge is 0.161 e. The maximum Gasteiger partial charge on any atom is 0.161 e. The van der Waals surface area contributed by atoms with Crippen LogP contribution in [0.5, 0.6) is 0 Å². The van der Waals surface area contributed by atoms with Crippen molar-refractivity contribution in [3.05, 3.63) is 46.1 Å². The summed E-state index contributed by atoms with van der Waals surface area (Å²) in [5, 5.41) is 0. The standard InChI is InChI=1S/C13H11F3N2OS/c1-2-19-6-12-17-11(5-13(20)18-12)7-3-9(15)10(16)4-8(7)14/h3-5H,2,6H2,1H3,(H,17,18,20). The third-order valence-corrected chi connectivity index (χ3v) is 2.74. The molecule has 0 atom stereocenters. The fraction of sp³-hybridized carbons (Fsp3) is 0.231. The zero-order valence-corrected chi connectivity index (χ0v) is 11.4. The molecule has 1 aromatic carbocycles. The van der Waals surface area contributed by atoms with E-state index in [0.717, 1.165) is 6.07 Å². The van der Waals surface area contributed by atoms with Gasteiger partial charge in [0, 0.05) is 18.2 Å². The van der Waals surface area contributed by atoms with Crippen LogP contribution >= 0.6 is 12.2 Å². The molecule has 0 fully saturated rings. The van der Waals surface area contributed by atoms with E-state index < -0.39 is 17.5 Å². The van der Waals surface area contributed by atoms with Crippen molar-refractivity contribution in [1.82, 2.24) is 9.97 Å². The Kier molecular flexibility index (Phi) is 4.51. The first kappa shape index (κ1) is 14.7. The quantitative estimate of drug-likeness (QED) is 0.690. The van der Waals surface area contributed by atoms with E-state index >= 15 is 0 Å². The van der Waals surface area contributed by atoms with Crippen LogP contribution in [0.4, 0.5) is 13.2 Å². The number of nitrogens with zero attached hydrogens (tertiary/aromatic N) is 1. The molecule has 0 unspecified atom stereocenters. The number of hydrogen-bond donors (Lipinski definition) is 1. The molecule has 0 amide bonds. The Bertz CT molecular complexity index is 688. The van der Waals surface area contributed by atoms with Crippen molar-refractivity contribution >= 4 is 12.2 Å². The first-order chi connectivity index (χ1) is 9.51. The lowest BCUT2D eigenvalue weighted by atomic mass is 10.1. The Morgan fingerprint density at radius 2 is 1.85 bits per heavy atom. The van der Waals surface area contributed by atoms with Gasteiger partial charge < -0.3 is 9.72 Å². The average Bonchev–Trinajstić information content (AvgIpc) is 2.40. The Hall–Kier alpha value is -1.73. The number of benzene rings is 1. The SMILES string of the molecule is CCOCc1nc(=S)cc(-c2cc(F)c(F)cc2F)[nH]1. The van der Waals surface area contributed by atoms with Crippen LogP contribution in [0.2, 0.25) is 0 Å². The van der Waals surface area contributed by atoms with Crippen LogP contribution in [0.25, 0.3) is 11.3 Å². The minimum Gasteiger partial charge on any atom is -0.374 e. The van der Waals surface area contributed by atoms with Gasteiger partial charge in [0.1, 0.15) is 22.9 Å². The third-order valence-electron chi connectivity index (χ3n) is 2.53. The summed E-state index contributed by atoms with van der Waals surface area (Å²) in [5.74, 6) is -2.88. The first-order valence-corrected chi connectivity index (χ1v) is 6.25. The minimum atomic E-state index is -1.24. The summed E-state index contributed by atoms with van der Waals surface area (Å²) in [7, 11) is 0. The predicted molar refractivity (Wildman–Crippen MR) is 70.1 cm³/mol. The van der Waals surface area contributed by atoms with Crippen molar-refractivity contribution in [3.63, 3.8) is 0 Å². The van der Waals surface area contributed by atoms with Crippen molar-refractivity contribution in [2.24, 2.45) is 0 Å². The summed E-state index contributed by atoms with van der Waals surface area (Å²) < 4.78 is 45.2. The molecule has 106 valence electrons. The van der Waals surface area contributed by atoms with Crippen LogP contribution < -0.4 is 0 Å². The lowest BCUT2D eigenvalue weighted by molar-refractivity contribution is 0.128. The van der Waals surface area contributed by atoms with Crippen LogP contribution in [0.3, 0.4) is 0 Å². The van der Waals surface area contributed by atoms with E-state index in [2.05, 4.69) is 9.97 Å². The molecular formula is C13H11F3N2OS. The number of rotatable bonds is 4. The topological polar surface area (TPSA) is 37.9 Å². The van der Waals surface area contributed by atoms with E-state index in [0.29, 0.717) is 18.5 Å². The van der Waals surface area contributed by atoms with E-state index in [1.165, 1.54) is 6.07 Å². The number of H-pyrrole nitrogens is 1. The highest BCUT2D eigenvalue weighted by Crippen LogP contribution is 2.23. The van der Waals surface area contributed by atoms with Crippen LogP contribution in [0.15, 0.2) is 18.2 Å². The van der Waals surface area contributed by atoms with Crippen molar-refractivity contribution in [2.75, 3.05) is 6.61 Å². The van der Waals surface area contributed by atoms with E-state index in [9.17, 15) is 13.2 Å². The maximum atomic E-state index is 13.7. The molecule has 20 heavy (non-hydrogen) atoms. The summed E-state index contributed by atoms with van der Waals surface area (Å²) in [5.41, 5.74) is 0.103. The predicted octanol–water partition coefficient (Wildman–Crippen LogP) is 3.76. The number of nitrogens with one attached hydrogen (secondary N) is 1. The molecule has 1 N–H and O–H groups in total. The zero-order chi connectivity index (χ0) is 14.7. The van der Waals surface area contributed by atoms with Crippen LogP contribution in [-0.4, -0.2) is 16.6 Å². The van der Waals surface area contributed by atoms with Crippen LogP contribution in [0.1, 0.15) is 12.7 Å². The molecule has 0 radical (unpaired) electrons. The lowest BCUT2D eigenvalue weighted by Gasteiger charge is -2.08. The molecule has 7 heteroatoms. The Morgan fingerprint density at radius 3 is 2.55 bits per heavy atom. The van der Waals surface area contributed by atoms with Crippen molar-refractivity contribution in [2.45, 2.75) is 13.5 Å². The number of halogens is 3. The Balaban J connectivity index is 2.49. The highest BCUT2D eigenvalue weighted by Gasteiger charge is 2.13. The average molecular weight is 300 g/mol. The van der Waals surface area contributed by atoms with Gasteiger partial charge in [-0.3, -0.25) is 0 Å². The molecule has 2 aromatic rings. The van der Waals surface area contributed by atoms with Gasteiger partial charge in [-0.15, -0.1) is 0 Å². The van der Waals surface area contributed by atoms with Gasteiger partial charge in [-0.05, 0) is 19.1 Å². The normalized spacial score (nSPS) is 10.8. The number of hydrogen-bond acceptors (Lipinski definition) is 3. The molecule has 3 nitrogen and oxygen atoms in total. The van der Waals surface area contributed by atoms with E-state index in [4.69, 9.17) is 17.0 Å². The van der Waals surface area contributed by atoms with Gasteiger partial charge in [0.15, 0.2) is 11.6 Å². The van der Waals surface area contributed by atoms with Gasteiger partial charge in [0.05, 0.1) is 5.69 Å². The second kappa shape index (κ2) is 6.15. The fourth-order valence-corrected chi connectivity index (χ4v) is 1.88. The molecule has 0 spiro atoms. The molecule has 0 saturated heterocycles. The van der Waals surface area contributed by atoms with Crippen molar-refractivity contribution in [3.8, 4) is 11.3 Å². The summed E-state index contributed by atoms with van der Waals surface area (Å²) in [6.45, 7) is 2.46. The van der Waals surface area contributed by atoms with Crippen molar-refractivity contribution in [1.29, 1.82) is 0 Å². The van der Waals surface area contributed by atoms with Gasteiger partial charge >= 0.3 is 0 Å². The number of ether oxygens (including phenoxy) is 1. The monoisotopic (exact) mass is 300 g/mol. The third kappa shape index (κ3) is 3.23. The molecule has 0 saturated carbocycles. The molecule has 0 aliphatic carbocycles. The van der Waals surface area contributed by atoms with Gasteiger partial charge in [-0.2, -0.15) is 0 Å². The number of aromatic amines is 1. The highest BCUT2D eigenvalue weighted by atomic mass is 32.1. The summed E-state index contributed by atoms with van der Waals surface area (Å²) in [6, 6.07) is 2.64. The Morgan fingerprint density at radius 1 is 1.15 bits per heavy atom. The van der Waals surface area contributed by atoms with E-state index in [-0.39, 0.29) is 22.5 Å². The van der Waals surface area contributed by atoms with Crippen LogP contribution in [-0.2, 0) is 11.3 Å². The molecule has 2 rings (SSSR count). The molecular weight excluding hydrogens is 289 g/mol. The molecule has 1 aromatic heterocycles. The fourth-order valence-electron chi connectivity index (χ4n) is 1.65. The Labute approximate surface area is 118 Å².